The fourth-order valence-corrected chi connectivity index (χ4v) is 2.83. The highest BCUT2D eigenvalue weighted by molar-refractivity contribution is 5.81. The van der Waals surface area contributed by atoms with E-state index in [1.165, 1.54) is 12.8 Å². The van der Waals surface area contributed by atoms with Gasteiger partial charge < -0.3 is 10.1 Å². The average molecular weight is 370 g/mol. The molecule has 0 heterocycles. The van der Waals surface area contributed by atoms with Crippen LogP contribution in [0.15, 0.2) is 53.7 Å². The summed E-state index contributed by atoms with van der Waals surface area (Å²) in [5.41, 5.74) is 4.37. The average Bonchev–Trinajstić information content (AvgIpc) is 2.68. The molecular weight excluding hydrogens is 338 g/mol. The van der Waals surface area contributed by atoms with Crippen molar-refractivity contribution in [2.45, 2.75) is 39.5 Å². The van der Waals surface area contributed by atoms with Gasteiger partial charge in [0.2, 0.25) is 0 Å². The third-order valence-corrected chi connectivity index (χ3v) is 4.61. The Balaban J connectivity index is 1.67. The summed E-state index contributed by atoms with van der Waals surface area (Å²) < 4.78 is 5.06. The van der Waals surface area contributed by atoms with Crippen LogP contribution >= 0.6 is 0 Å². The molecule has 2 N–H and O–H groups in total. The molecule has 1 aliphatic carbocycles. The number of hydrogen-bond donors (Lipinski definition) is 2. The van der Waals surface area contributed by atoms with Crippen LogP contribution < -0.4 is 10.7 Å². The van der Waals surface area contributed by atoms with Crippen molar-refractivity contribution in [1.29, 1.82) is 0 Å². The first-order valence-electron chi connectivity index (χ1n) is 9.84. The van der Waals surface area contributed by atoms with E-state index in [0.717, 1.165) is 30.6 Å². The van der Waals surface area contributed by atoms with Gasteiger partial charge in [-0.2, -0.15) is 5.10 Å². The Bertz CT molecular complexity index is 650. The zero-order chi connectivity index (χ0) is 19.3. The summed E-state index contributed by atoms with van der Waals surface area (Å²) in [7, 11) is 0. The Morgan fingerprint density at radius 1 is 1.15 bits per heavy atom. The van der Waals surface area contributed by atoms with E-state index < -0.39 is 6.09 Å². The Labute approximate surface area is 162 Å². The third-order valence-electron chi connectivity index (χ3n) is 4.61. The predicted octanol–water partition coefficient (Wildman–Crippen LogP) is 5.12. The van der Waals surface area contributed by atoms with Crippen molar-refractivity contribution in [2.75, 3.05) is 18.5 Å². The van der Waals surface area contributed by atoms with Crippen molar-refractivity contribution in [2.24, 2.45) is 16.9 Å². The van der Waals surface area contributed by atoms with Gasteiger partial charge in [0.05, 0.1) is 12.8 Å². The van der Waals surface area contributed by atoms with Gasteiger partial charge in [0.1, 0.15) is 0 Å². The number of amides is 1. The number of hydrazone groups is 1. The number of allylic oxidation sites excluding steroid dienone is 3. The molecule has 5 nitrogen and oxygen atoms in total. The van der Waals surface area contributed by atoms with E-state index in [4.69, 9.17) is 4.74 Å². The normalized spacial score (nSPS) is 18.6. The number of benzene rings is 1. The molecule has 0 saturated carbocycles. The Kier molecular flexibility index (Phi) is 9.18. The summed E-state index contributed by atoms with van der Waals surface area (Å²) in [6, 6.07) is 7.95. The second-order valence-corrected chi connectivity index (χ2v) is 6.86. The van der Waals surface area contributed by atoms with Crippen LogP contribution in [0.3, 0.4) is 0 Å². The zero-order valence-electron chi connectivity index (χ0n) is 16.4. The Morgan fingerprint density at radius 3 is 2.67 bits per heavy atom. The van der Waals surface area contributed by atoms with Crippen LogP contribution in [-0.4, -0.2) is 25.5 Å². The second-order valence-electron chi connectivity index (χ2n) is 6.86. The van der Waals surface area contributed by atoms with Crippen molar-refractivity contribution >= 4 is 18.0 Å². The number of anilines is 1. The maximum atomic E-state index is 11.5. The monoisotopic (exact) mass is 369 g/mol. The van der Waals surface area contributed by atoms with Gasteiger partial charge in [-0.3, -0.25) is 0 Å². The second kappa shape index (κ2) is 11.9. The molecule has 0 aromatic heterocycles. The molecule has 2 unspecified atom stereocenters. The quantitative estimate of drug-likeness (QED) is 0.342. The molecule has 0 fully saturated rings. The smallest absolute Gasteiger partial charge is 0.427 e. The largest absolute Gasteiger partial charge is 0.448 e. The number of carbonyl (C=O) groups is 1. The van der Waals surface area contributed by atoms with Gasteiger partial charge in [0.25, 0.3) is 0 Å². The van der Waals surface area contributed by atoms with Crippen LogP contribution in [-0.2, 0) is 4.74 Å². The van der Waals surface area contributed by atoms with Crippen molar-refractivity contribution in [3.63, 3.8) is 0 Å². The first-order valence-corrected chi connectivity index (χ1v) is 9.84. The van der Waals surface area contributed by atoms with E-state index >= 15 is 0 Å². The molecule has 0 radical (unpaired) electrons. The highest BCUT2D eigenvalue weighted by Gasteiger charge is 2.13. The van der Waals surface area contributed by atoms with Crippen LogP contribution in [0.2, 0.25) is 0 Å². The minimum atomic E-state index is -0.509. The minimum Gasteiger partial charge on any atom is -0.448 e. The molecule has 146 valence electrons. The summed E-state index contributed by atoms with van der Waals surface area (Å²) >= 11 is 0. The SMILES string of the molecule is CCCCCCOC(=O)NN=Cc1ccc(NCC2C=CC=CC2C)cc1. The van der Waals surface area contributed by atoms with Gasteiger partial charge in [-0.1, -0.05) is 69.5 Å². The van der Waals surface area contributed by atoms with Gasteiger partial charge >= 0.3 is 6.09 Å². The number of unbranched alkanes of at least 4 members (excludes halogenated alkanes) is 3. The van der Waals surface area contributed by atoms with E-state index in [1.54, 1.807) is 6.21 Å². The van der Waals surface area contributed by atoms with E-state index in [2.05, 4.69) is 54.0 Å². The maximum Gasteiger partial charge on any atom is 0.427 e. The molecule has 2 rings (SSSR count). The molecule has 0 spiro atoms. The molecule has 5 heteroatoms. The van der Waals surface area contributed by atoms with Gasteiger partial charge in [-0.05, 0) is 30.0 Å². The summed E-state index contributed by atoms with van der Waals surface area (Å²) in [5.74, 6) is 1.06. The van der Waals surface area contributed by atoms with E-state index in [1.807, 2.05) is 24.3 Å². The van der Waals surface area contributed by atoms with Gasteiger partial charge in [0.15, 0.2) is 0 Å². The number of carbonyl (C=O) groups excluding carboxylic acids is 1. The predicted molar refractivity (Wildman–Crippen MR) is 112 cm³/mol. The molecule has 27 heavy (non-hydrogen) atoms. The Morgan fingerprint density at radius 2 is 1.93 bits per heavy atom. The lowest BCUT2D eigenvalue weighted by Gasteiger charge is -2.21. The zero-order valence-corrected chi connectivity index (χ0v) is 16.4. The molecule has 0 saturated heterocycles. The van der Waals surface area contributed by atoms with Crippen LogP contribution in [0, 0.1) is 11.8 Å². The molecule has 0 aliphatic heterocycles. The lowest BCUT2D eigenvalue weighted by Crippen LogP contribution is -2.19. The lowest BCUT2D eigenvalue weighted by molar-refractivity contribution is 0.144. The van der Waals surface area contributed by atoms with Crippen LogP contribution in [0.5, 0.6) is 0 Å². The topological polar surface area (TPSA) is 62.7 Å². The highest BCUT2D eigenvalue weighted by atomic mass is 16.5. The van der Waals surface area contributed by atoms with Crippen LogP contribution in [0.4, 0.5) is 10.5 Å². The van der Waals surface area contributed by atoms with Gasteiger partial charge in [-0.25, -0.2) is 10.2 Å². The minimum absolute atomic E-state index is 0.437. The molecule has 0 bridgehead atoms. The van der Waals surface area contributed by atoms with Gasteiger partial charge in [0, 0.05) is 18.2 Å². The fraction of sp³-hybridized carbons (Fsp3) is 0.455. The summed E-state index contributed by atoms with van der Waals surface area (Å²) in [6.45, 7) is 5.72. The maximum absolute atomic E-state index is 11.5. The number of nitrogens with one attached hydrogen (secondary N) is 2. The van der Waals surface area contributed by atoms with Crippen molar-refractivity contribution < 1.29 is 9.53 Å². The summed E-state index contributed by atoms with van der Waals surface area (Å²) in [4.78, 5) is 11.5. The number of ether oxygens (including phenoxy) is 1. The van der Waals surface area contributed by atoms with Crippen LogP contribution in [0.25, 0.3) is 0 Å². The lowest BCUT2D eigenvalue weighted by atomic mass is 9.90. The van der Waals surface area contributed by atoms with Gasteiger partial charge in [-0.15, -0.1) is 0 Å². The standard InChI is InChI=1S/C22H31N3O2/c1-3-4-5-8-15-27-22(26)25-24-16-19-11-13-21(14-12-19)23-17-20-10-7-6-9-18(20)2/h6-7,9-14,16,18,20,23H,3-5,8,15,17H2,1-2H3,(H,25,26). The van der Waals surface area contributed by atoms with E-state index in [-0.39, 0.29) is 0 Å². The summed E-state index contributed by atoms with van der Waals surface area (Å²) in [6.07, 6.45) is 14.1. The third kappa shape index (κ3) is 8.11. The molecule has 1 aromatic carbocycles. The van der Waals surface area contributed by atoms with Crippen molar-refractivity contribution in [3.05, 3.63) is 54.1 Å². The Hall–Kier alpha value is -2.56. The molecule has 1 aromatic rings. The number of nitrogens with zero attached hydrogens (tertiary/aromatic N) is 1. The number of hydrogen-bond acceptors (Lipinski definition) is 4. The van der Waals surface area contributed by atoms with Crippen molar-refractivity contribution in [3.8, 4) is 0 Å². The van der Waals surface area contributed by atoms with Crippen LogP contribution in [0.1, 0.15) is 45.1 Å². The first kappa shape index (κ1) is 20.7. The number of rotatable bonds is 10. The summed E-state index contributed by atoms with van der Waals surface area (Å²) in [5, 5.41) is 7.39. The molecular formula is C22H31N3O2. The molecule has 1 amide bonds. The highest BCUT2D eigenvalue weighted by Crippen LogP contribution is 2.20. The molecule has 1 aliphatic rings. The molecule has 2 atom stereocenters. The van der Waals surface area contributed by atoms with E-state index in [9.17, 15) is 4.79 Å². The van der Waals surface area contributed by atoms with E-state index in [0.29, 0.717) is 18.4 Å². The van der Waals surface area contributed by atoms with Crippen molar-refractivity contribution in [1.82, 2.24) is 5.43 Å². The fourth-order valence-electron chi connectivity index (χ4n) is 2.83. The first-order chi connectivity index (χ1) is 13.2.